The van der Waals surface area contributed by atoms with Crippen molar-refractivity contribution in [3.05, 3.63) is 30.2 Å². The zero-order chi connectivity index (χ0) is 12.7. The lowest BCUT2D eigenvalue weighted by atomic mass is 10.1. The highest BCUT2D eigenvalue weighted by atomic mass is 16.5. The van der Waals surface area contributed by atoms with Crippen LogP contribution in [0.15, 0.2) is 24.4 Å². The average Bonchev–Trinajstić information content (AvgIpc) is 2.80. The summed E-state index contributed by atoms with van der Waals surface area (Å²) < 4.78 is 5.39. The van der Waals surface area contributed by atoms with Crippen LogP contribution in [0.5, 0.6) is 5.75 Å². The summed E-state index contributed by atoms with van der Waals surface area (Å²) in [7, 11) is 1.76. The number of imidazole rings is 1. The van der Waals surface area contributed by atoms with Gasteiger partial charge in [0.2, 0.25) is 0 Å². The average molecular weight is 243 g/mol. The van der Waals surface area contributed by atoms with Crippen molar-refractivity contribution in [2.24, 2.45) is 0 Å². The fraction of sp³-hybridized carbons (Fsp3) is 0.231. The third-order valence-corrected chi connectivity index (χ3v) is 3.06. The predicted molar refractivity (Wildman–Crippen MR) is 67.7 cm³/mol. The number of hydrogen-bond donors (Lipinski definition) is 1. The Balaban J connectivity index is 2.07. The van der Waals surface area contributed by atoms with Crippen molar-refractivity contribution in [2.45, 2.75) is 6.92 Å². The smallest absolute Gasteiger partial charge is 0.264 e. The number of aromatic amines is 1. The van der Waals surface area contributed by atoms with Gasteiger partial charge in [0, 0.05) is 12.6 Å². The highest BCUT2D eigenvalue weighted by Crippen LogP contribution is 2.34. The number of nitrogens with one attached hydrogen (secondary N) is 1. The van der Waals surface area contributed by atoms with Gasteiger partial charge in [-0.2, -0.15) is 0 Å². The van der Waals surface area contributed by atoms with Gasteiger partial charge in [0.25, 0.3) is 5.91 Å². The summed E-state index contributed by atoms with van der Waals surface area (Å²) in [6, 6.07) is 5.76. The first-order chi connectivity index (χ1) is 8.65. The molecule has 2 heterocycles. The van der Waals surface area contributed by atoms with Crippen LogP contribution < -0.4 is 9.64 Å². The Labute approximate surface area is 104 Å². The van der Waals surface area contributed by atoms with Crippen LogP contribution in [0.25, 0.3) is 11.3 Å². The van der Waals surface area contributed by atoms with Gasteiger partial charge in [-0.25, -0.2) is 4.98 Å². The Morgan fingerprint density at radius 2 is 2.28 bits per heavy atom. The summed E-state index contributed by atoms with van der Waals surface area (Å²) in [4.78, 5) is 20.5. The standard InChI is InChI=1S/C13H13N3O2/c1-8-14-6-10(15-8)9-3-4-12-11(5-9)16(2)13(17)7-18-12/h3-6H,7H2,1-2H3,(H,14,15). The van der Waals surface area contributed by atoms with Crippen LogP contribution in [0.1, 0.15) is 5.82 Å². The molecular weight excluding hydrogens is 230 g/mol. The monoisotopic (exact) mass is 243 g/mol. The normalized spacial score (nSPS) is 14.3. The van der Waals surface area contributed by atoms with E-state index < -0.39 is 0 Å². The van der Waals surface area contributed by atoms with E-state index in [1.54, 1.807) is 18.1 Å². The Hall–Kier alpha value is -2.30. The van der Waals surface area contributed by atoms with Gasteiger partial charge in [-0.3, -0.25) is 4.79 Å². The number of likely N-dealkylation sites (N-methyl/N-ethyl adjacent to an activating group) is 1. The largest absolute Gasteiger partial charge is 0.482 e. The van der Waals surface area contributed by atoms with Gasteiger partial charge < -0.3 is 14.6 Å². The van der Waals surface area contributed by atoms with Crippen molar-refractivity contribution in [3.8, 4) is 17.0 Å². The van der Waals surface area contributed by atoms with Crippen LogP contribution in [0.4, 0.5) is 5.69 Å². The molecule has 0 aliphatic carbocycles. The Bertz CT molecular complexity index is 618. The number of carbonyl (C=O) groups is 1. The number of rotatable bonds is 1. The third kappa shape index (κ3) is 1.64. The van der Waals surface area contributed by atoms with Crippen LogP contribution in [0.2, 0.25) is 0 Å². The molecule has 1 aromatic carbocycles. The predicted octanol–water partition coefficient (Wildman–Crippen LogP) is 1.74. The molecule has 1 aliphatic heterocycles. The second kappa shape index (κ2) is 3.87. The van der Waals surface area contributed by atoms with Crippen molar-refractivity contribution in [1.29, 1.82) is 0 Å². The summed E-state index contributed by atoms with van der Waals surface area (Å²) in [5, 5.41) is 0. The van der Waals surface area contributed by atoms with E-state index in [9.17, 15) is 4.79 Å². The number of H-pyrrole nitrogens is 1. The second-order valence-electron chi connectivity index (χ2n) is 4.31. The molecule has 0 saturated carbocycles. The molecule has 0 atom stereocenters. The lowest BCUT2D eigenvalue weighted by molar-refractivity contribution is -0.120. The maximum absolute atomic E-state index is 11.6. The molecule has 1 aliphatic rings. The first kappa shape index (κ1) is 10.8. The number of benzene rings is 1. The molecule has 0 unspecified atom stereocenters. The number of hydrogen-bond acceptors (Lipinski definition) is 3. The molecule has 3 rings (SSSR count). The van der Waals surface area contributed by atoms with Crippen LogP contribution in [0.3, 0.4) is 0 Å². The molecule has 1 amide bonds. The molecule has 92 valence electrons. The van der Waals surface area contributed by atoms with Crippen LogP contribution in [-0.4, -0.2) is 29.5 Å². The molecule has 0 bridgehead atoms. The van der Waals surface area contributed by atoms with Gasteiger partial charge in [0.05, 0.1) is 17.6 Å². The molecule has 1 aromatic heterocycles. The topological polar surface area (TPSA) is 58.2 Å². The quantitative estimate of drug-likeness (QED) is 0.830. The van der Waals surface area contributed by atoms with Gasteiger partial charge >= 0.3 is 0 Å². The highest BCUT2D eigenvalue weighted by Gasteiger charge is 2.22. The minimum absolute atomic E-state index is 0.0413. The van der Waals surface area contributed by atoms with Gasteiger partial charge in [0.1, 0.15) is 11.6 Å². The van der Waals surface area contributed by atoms with E-state index in [1.807, 2.05) is 25.1 Å². The number of fused-ring (bicyclic) bond motifs is 1. The number of ether oxygens (including phenoxy) is 1. The third-order valence-electron chi connectivity index (χ3n) is 3.06. The number of anilines is 1. The minimum atomic E-state index is -0.0413. The summed E-state index contributed by atoms with van der Waals surface area (Å²) in [6.07, 6.45) is 1.78. The van der Waals surface area contributed by atoms with Crippen LogP contribution in [-0.2, 0) is 4.79 Å². The van der Waals surface area contributed by atoms with E-state index in [0.29, 0.717) is 0 Å². The van der Waals surface area contributed by atoms with Crippen molar-refractivity contribution in [2.75, 3.05) is 18.6 Å². The molecule has 5 nitrogen and oxygen atoms in total. The van der Waals surface area contributed by atoms with Crippen LogP contribution in [0, 0.1) is 6.92 Å². The van der Waals surface area contributed by atoms with E-state index in [-0.39, 0.29) is 12.5 Å². The molecule has 2 aromatic rings. The first-order valence-corrected chi connectivity index (χ1v) is 5.70. The number of aromatic nitrogens is 2. The van der Waals surface area contributed by atoms with E-state index >= 15 is 0 Å². The Kier molecular flexibility index (Phi) is 2.33. The number of aryl methyl sites for hydroxylation is 1. The molecule has 0 radical (unpaired) electrons. The Morgan fingerprint density at radius 3 is 3.00 bits per heavy atom. The molecule has 0 fully saturated rings. The molecular formula is C13H13N3O2. The first-order valence-electron chi connectivity index (χ1n) is 5.70. The Morgan fingerprint density at radius 1 is 1.44 bits per heavy atom. The summed E-state index contributed by atoms with van der Waals surface area (Å²) in [5.41, 5.74) is 2.71. The van der Waals surface area contributed by atoms with Crippen molar-refractivity contribution >= 4 is 11.6 Å². The zero-order valence-corrected chi connectivity index (χ0v) is 10.2. The highest BCUT2D eigenvalue weighted by molar-refractivity contribution is 5.98. The van der Waals surface area contributed by atoms with Crippen molar-refractivity contribution in [1.82, 2.24) is 9.97 Å². The maximum atomic E-state index is 11.6. The van der Waals surface area contributed by atoms with E-state index in [2.05, 4.69) is 9.97 Å². The SMILES string of the molecule is Cc1ncc(-c2ccc3c(c2)N(C)C(=O)CO3)[nH]1. The number of amides is 1. The van der Waals surface area contributed by atoms with Crippen molar-refractivity contribution < 1.29 is 9.53 Å². The second-order valence-corrected chi connectivity index (χ2v) is 4.31. The minimum Gasteiger partial charge on any atom is -0.482 e. The summed E-state index contributed by atoms with van der Waals surface area (Å²) in [5.74, 6) is 1.56. The molecule has 5 heteroatoms. The summed E-state index contributed by atoms with van der Waals surface area (Å²) >= 11 is 0. The van der Waals surface area contributed by atoms with E-state index in [1.165, 1.54) is 0 Å². The fourth-order valence-corrected chi connectivity index (χ4v) is 2.01. The van der Waals surface area contributed by atoms with E-state index in [4.69, 9.17) is 4.74 Å². The van der Waals surface area contributed by atoms with Gasteiger partial charge in [-0.15, -0.1) is 0 Å². The molecule has 1 N–H and O–H groups in total. The number of carbonyl (C=O) groups excluding carboxylic acids is 1. The fourth-order valence-electron chi connectivity index (χ4n) is 2.01. The summed E-state index contributed by atoms with van der Waals surface area (Å²) in [6.45, 7) is 2.01. The maximum Gasteiger partial charge on any atom is 0.264 e. The molecule has 18 heavy (non-hydrogen) atoms. The zero-order valence-electron chi connectivity index (χ0n) is 10.2. The molecule has 0 saturated heterocycles. The lowest BCUT2D eigenvalue weighted by Gasteiger charge is -2.26. The van der Waals surface area contributed by atoms with Crippen LogP contribution >= 0.6 is 0 Å². The van der Waals surface area contributed by atoms with E-state index in [0.717, 1.165) is 28.5 Å². The van der Waals surface area contributed by atoms with Gasteiger partial charge in [-0.1, -0.05) is 0 Å². The molecule has 0 spiro atoms. The van der Waals surface area contributed by atoms with Gasteiger partial charge in [-0.05, 0) is 25.1 Å². The lowest BCUT2D eigenvalue weighted by Crippen LogP contribution is -2.35. The van der Waals surface area contributed by atoms with Crippen molar-refractivity contribution in [3.63, 3.8) is 0 Å². The van der Waals surface area contributed by atoms with Gasteiger partial charge in [0.15, 0.2) is 6.61 Å². The number of nitrogens with zero attached hydrogens (tertiary/aromatic N) is 2.